The van der Waals surface area contributed by atoms with Gasteiger partial charge >= 0.3 is 0 Å². The van der Waals surface area contributed by atoms with Crippen molar-refractivity contribution in [3.63, 3.8) is 0 Å². The Morgan fingerprint density at radius 2 is 0.987 bits per heavy atom. The first-order chi connectivity index (χ1) is 37.7. The predicted octanol–water partition coefficient (Wildman–Crippen LogP) is 4.40. The minimum Gasteiger partial charge on any atom is -0.368 e. The van der Waals surface area contributed by atoms with Crippen LogP contribution in [0.1, 0.15) is 99.8 Å². The SMILES string of the molecule is CCCCN(CC(=O)N[C@@H](CCCCN)C(=O)N[C@@H](CCCCN)C(=O)N[C@@H](CCCCN)C(N)=O)C(=O)CN(Cc1cccc2ccccc12)C(=O)CN(Cc1ccc(C)cc1)C(=O)CNCc1cccc2ccccc12. The average Bonchev–Trinajstić information content (AvgIpc) is 3.45. The summed E-state index contributed by atoms with van der Waals surface area (Å²) >= 11 is 0. The highest BCUT2D eigenvalue weighted by Crippen LogP contribution is 2.22. The Balaban J connectivity index is 1.38. The Hall–Kier alpha value is -7.25. The summed E-state index contributed by atoms with van der Waals surface area (Å²) in [4.78, 5) is 103. The Morgan fingerprint density at radius 3 is 1.55 bits per heavy atom. The molecule has 0 radical (unpaired) electrons. The lowest BCUT2D eigenvalue weighted by molar-refractivity contribution is -0.145. The van der Waals surface area contributed by atoms with E-state index in [2.05, 4.69) is 21.3 Å². The summed E-state index contributed by atoms with van der Waals surface area (Å²) in [6, 6.07) is 32.2. The lowest BCUT2D eigenvalue weighted by Crippen LogP contribution is -2.57. The Kier molecular flexibility index (Phi) is 26.2. The quantitative estimate of drug-likeness (QED) is 0.0263. The average molecular weight is 1070 g/mol. The normalized spacial score (nSPS) is 12.3. The second-order valence-corrected chi connectivity index (χ2v) is 20.0. The molecule has 7 amide bonds. The molecule has 12 N–H and O–H groups in total. The van der Waals surface area contributed by atoms with Crippen molar-refractivity contribution in [2.24, 2.45) is 22.9 Å². The monoisotopic (exact) mass is 1070 g/mol. The minimum absolute atomic E-state index is 0.0307. The van der Waals surface area contributed by atoms with Crippen molar-refractivity contribution in [3.8, 4) is 0 Å². The second-order valence-electron chi connectivity index (χ2n) is 20.0. The molecule has 5 aromatic carbocycles. The van der Waals surface area contributed by atoms with Crippen molar-refractivity contribution in [2.75, 3.05) is 52.4 Å². The highest BCUT2D eigenvalue weighted by molar-refractivity contribution is 5.95. The number of fused-ring (bicyclic) bond motifs is 2. The van der Waals surface area contributed by atoms with Gasteiger partial charge in [0.25, 0.3) is 0 Å². The van der Waals surface area contributed by atoms with E-state index >= 15 is 0 Å². The van der Waals surface area contributed by atoms with E-state index in [9.17, 15) is 33.6 Å². The first kappa shape index (κ1) is 61.6. The van der Waals surface area contributed by atoms with Gasteiger partial charge in [-0.15, -0.1) is 0 Å². The summed E-state index contributed by atoms with van der Waals surface area (Å²) in [6.07, 6.45) is 5.18. The summed E-state index contributed by atoms with van der Waals surface area (Å²) in [7, 11) is 0. The van der Waals surface area contributed by atoms with Crippen molar-refractivity contribution in [2.45, 2.75) is 122 Å². The van der Waals surface area contributed by atoms with Gasteiger partial charge in [0.1, 0.15) is 31.2 Å². The molecule has 78 heavy (non-hydrogen) atoms. The van der Waals surface area contributed by atoms with E-state index in [1.807, 2.05) is 123 Å². The zero-order valence-corrected chi connectivity index (χ0v) is 45.7. The van der Waals surface area contributed by atoms with Gasteiger partial charge in [0.15, 0.2) is 0 Å². The number of primary amides is 1. The van der Waals surface area contributed by atoms with Crippen LogP contribution in [0.2, 0.25) is 0 Å². The number of aryl methyl sites for hydroxylation is 1. The first-order valence-electron chi connectivity index (χ1n) is 27.6. The van der Waals surface area contributed by atoms with Crippen LogP contribution < -0.4 is 44.2 Å². The number of rotatable bonds is 35. The molecule has 3 atom stereocenters. The van der Waals surface area contributed by atoms with E-state index in [4.69, 9.17) is 22.9 Å². The molecule has 18 nitrogen and oxygen atoms in total. The van der Waals surface area contributed by atoms with Crippen LogP contribution >= 0.6 is 0 Å². The zero-order valence-electron chi connectivity index (χ0n) is 45.7. The van der Waals surface area contributed by atoms with Gasteiger partial charge in [0, 0.05) is 26.2 Å². The van der Waals surface area contributed by atoms with Crippen molar-refractivity contribution in [1.82, 2.24) is 36.0 Å². The number of nitrogens with two attached hydrogens (primary N) is 4. The fraction of sp³-hybridized carbons (Fsp3) is 0.450. The maximum Gasteiger partial charge on any atom is 0.243 e. The third-order valence-corrected chi connectivity index (χ3v) is 13.8. The number of carbonyl (C=O) groups excluding carboxylic acids is 7. The van der Waals surface area contributed by atoms with Crippen LogP contribution in [0, 0.1) is 6.92 Å². The summed E-state index contributed by atoms with van der Waals surface area (Å²) in [5.41, 5.74) is 26.6. The summed E-state index contributed by atoms with van der Waals surface area (Å²) < 4.78 is 0. The van der Waals surface area contributed by atoms with E-state index in [1.165, 1.54) is 14.7 Å². The fourth-order valence-corrected chi connectivity index (χ4v) is 9.30. The molecule has 0 aliphatic rings. The summed E-state index contributed by atoms with van der Waals surface area (Å²) in [6.45, 7) is 4.59. The molecule has 0 saturated carbocycles. The molecule has 18 heteroatoms. The Labute approximate surface area is 459 Å². The van der Waals surface area contributed by atoms with Crippen molar-refractivity contribution < 1.29 is 33.6 Å². The second kappa shape index (κ2) is 33.1. The Bertz CT molecular complexity index is 2730. The molecule has 0 unspecified atom stereocenters. The largest absolute Gasteiger partial charge is 0.368 e. The van der Waals surface area contributed by atoms with Gasteiger partial charge < -0.3 is 58.9 Å². The van der Waals surface area contributed by atoms with Crippen molar-refractivity contribution in [1.29, 1.82) is 0 Å². The van der Waals surface area contributed by atoms with Crippen LogP contribution in [0.5, 0.6) is 0 Å². The van der Waals surface area contributed by atoms with Crippen LogP contribution in [0.4, 0.5) is 0 Å². The molecule has 0 aliphatic heterocycles. The minimum atomic E-state index is -1.11. The molecule has 5 rings (SSSR count). The van der Waals surface area contributed by atoms with Gasteiger partial charge in [-0.3, -0.25) is 33.6 Å². The molecule has 420 valence electrons. The number of benzene rings is 5. The zero-order chi connectivity index (χ0) is 56.2. The highest BCUT2D eigenvalue weighted by atomic mass is 16.2. The van der Waals surface area contributed by atoms with Crippen LogP contribution in [-0.2, 0) is 53.2 Å². The molecule has 0 bridgehead atoms. The summed E-state index contributed by atoms with van der Waals surface area (Å²) in [5, 5.41) is 15.6. The highest BCUT2D eigenvalue weighted by Gasteiger charge is 2.31. The smallest absolute Gasteiger partial charge is 0.243 e. The van der Waals surface area contributed by atoms with Crippen LogP contribution in [-0.4, -0.2) is 127 Å². The molecule has 0 heterocycles. The molecule has 0 spiro atoms. The first-order valence-corrected chi connectivity index (χ1v) is 27.6. The topological polar surface area (TPSA) is 281 Å². The summed E-state index contributed by atoms with van der Waals surface area (Å²) in [5.74, 6) is -3.83. The van der Waals surface area contributed by atoms with Gasteiger partial charge in [-0.05, 0) is 129 Å². The van der Waals surface area contributed by atoms with E-state index in [1.54, 1.807) is 0 Å². The molecular formula is C60H83N11O7. The van der Waals surface area contributed by atoms with Gasteiger partial charge in [-0.1, -0.05) is 128 Å². The van der Waals surface area contributed by atoms with E-state index in [0.717, 1.165) is 43.8 Å². The lowest BCUT2D eigenvalue weighted by Gasteiger charge is -2.31. The third-order valence-electron chi connectivity index (χ3n) is 13.8. The van der Waals surface area contributed by atoms with Gasteiger partial charge in [-0.25, -0.2) is 0 Å². The number of carbonyl (C=O) groups is 7. The predicted molar refractivity (Wildman–Crippen MR) is 307 cm³/mol. The number of hydrogen-bond donors (Lipinski definition) is 8. The Morgan fingerprint density at radius 1 is 0.500 bits per heavy atom. The number of hydrogen-bond acceptors (Lipinski definition) is 11. The van der Waals surface area contributed by atoms with Crippen molar-refractivity contribution in [3.05, 3.63) is 131 Å². The fourth-order valence-electron chi connectivity index (χ4n) is 9.30. The van der Waals surface area contributed by atoms with E-state index in [0.29, 0.717) is 77.5 Å². The molecule has 0 aliphatic carbocycles. The number of unbranched alkanes of at least 4 members (excludes halogenated alkanes) is 4. The standard InChI is InChI=1S/C60H83N11O7/c1-3-4-35-69(40-54(72)66-52(26-10-13-33-62)59(77)68-53(27-11-14-34-63)60(78)67-51(58(64)76)25-9-12-32-61)56(74)41-71(39-48-22-16-20-46-18-6-8-24-50(46)48)57(75)42-70(38-44-30-28-43(2)29-31-44)55(73)37-65-36-47-21-15-19-45-17-5-7-23-49(45)47/h5-8,15-24,28-31,51-53,65H,3-4,9-14,25-27,32-42,61-63H2,1-2H3,(H2,64,76)(H,66,72)(H,67,78)(H,68,77)/t51-,52-,53-/m0/s1. The molecular weight excluding hydrogens is 987 g/mol. The molecule has 5 aromatic rings. The van der Waals surface area contributed by atoms with Crippen molar-refractivity contribution >= 4 is 62.9 Å². The maximum atomic E-state index is 14.9. The molecule has 0 fully saturated rings. The van der Waals surface area contributed by atoms with Crippen LogP contribution in [0.25, 0.3) is 21.5 Å². The molecule has 0 saturated heterocycles. The third kappa shape index (κ3) is 20.0. The number of nitrogens with one attached hydrogen (secondary N) is 4. The maximum absolute atomic E-state index is 14.9. The van der Waals surface area contributed by atoms with Gasteiger partial charge in [0.05, 0.1) is 13.1 Å². The van der Waals surface area contributed by atoms with E-state index in [-0.39, 0.29) is 57.9 Å². The lowest BCUT2D eigenvalue weighted by atomic mass is 10.0. The van der Waals surface area contributed by atoms with E-state index < -0.39 is 66.7 Å². The molecule has 0 aromatic heterocycles. The van der Waals surface area contributed by atoms with Crippen LogP contribution in [0.15, 0.2) is 109 Å². The van der Waals surface area contributed by atoms with Gasteiger partial charge in [0.2, 0.25) is 41.4 Å². The number of nitrogens with zero attached hydrogens (tertiary/aromatic N) is 3. The van der Waals surface area contributed by atoms with Gasteiger partial charge in [-0.2, -0.15) is 0 Å². The van der Waals surface area contributed by atoms with Crippen LogP contribution in [0.3, 0.4) is 0 Å². The number of amides is 7.